The topological polar surface area (TPSA) is 93.2 Å². The van der Waals surface area contributed by atoms with Crippen LogP contribution in [0.5, 0.6) is 0 Å². The highest BCUT2D eigenvalue weighted by atomic mass is 16.5. The zero-order valence-electron chi connectivity index (χ0n) is 15.1. The number of amides is 1. The molecule has 0 saturated carbocycles. The molecule has 7 nitrogen and oxygen atoms in total. The third kappa shape index (κ3) is 5.54. The van der Waals surface area contributed by atoms with Crippen LogP contribution < -0.4 is 10.6 Å². The fraction of sp³-hybridized carbons (Fsp3) is 0.368. The maximum absolute atomic E-state index is 12.2. The highest BCUT2D eigenvalue weighted by Crippen LogP contribution is 2.20. The van der Waals surface area contributed by atoms with Gasteiger partial charge in [0.05, 0.1) is 17.9 Å². The molecule has 1 amide bonds. The van der Waals surface area contributed by atoms with Crippen LogP contribution in [0.4, 0.5) is 11.5 Å². The van der Waals surface area contributed by atoms with E-state index in [0.29, 0.717) is 30.2 Å². The van der Waals surface area contributed by atoms with Crippen molar-refractivity contribution in [2.24, 2.45) is 0 Å². The van der Waals surface area contributed by atoms with Gasteiger partial charge in [-0.15, -0.1) is 0 Å². The average Bonchev–Trinajstić information content (AvgIpc) is 2.66. The minimum atomic E-state index is -0.418. The number of carbonyl (C=O) groups is 2. The van der Waals surface area contributed by atoms with Crippen molar-refractivity contribution in [3.8, 4) is 0 Å². The highest BCUT2D eigenvalue weighted by molar-refractivity contribution is 5.97. The maximum atomic E-state index is 12.2. The zero-order valence-corrected chi connectivity index (χ0v) is 15.1. The number of anilines is 2. The quantitative estimate of drug-likeness (QED) is 0.529. The van der Waals surface area contributed by atoms with Crippen LogP contribution in [-0.2, 0) is 4.74 Å². The number of rotatable bonds is 9. The number of nitrogens with zero attached hydrogens (tertiary/aromatic N) is 2. The van der Waals surface area contributed by atoms with E-state index in [1.54, 1.807) is 37.3 Å². The Hall–Kier alpha value is -2.96. The Bertz CT molecular complexity index is 749. The van der Waals surface area contributed by atoms with Crippen LogP contribution in [0.15, 0.2) is 36.7 Å². The molecule has 0 saturated heterocycles. The fourth-order valence-corrected chi connectivity index (χ4v) is 2.33. The van der Waals surface area contributed by atoms with E-state index in [1.807, 2.05) is 0 Å². The van der Waals surface area contributed by atoms with Crippen LogP contribution in [-0.4, -0.2) is 35.0 Å². The summed E-state index contributed by atoms with van der Waals surface area (Å²) in [6.07, 6.45) is 4.42. The minimum absolute atomic E-state index is 0.245. The molecule has 2 aromatic rings. The Morgan fingerprint density at radius 1 is 1.12 bits per heavy atom. The molecule has 1 aromatic heterocycles. The number of ether oxygens (including phenoxy) is 1. The average molecular weight is 356 g/mol. The van der Waals surface area contributed by atoms with Gasteiger partial charge < -0.3 is 15.4 Å². The molecule has 0 fully saturated rings. The first-order valence-corrected chi connectivity index (χ1v) is 8.79. The lowest BCUT2D eigenvalue weighted by molar-refractivity contribution is 0.0527. The zero-order chi connectivity index (χ0) is 18.8. The second-order valence-electron chi connectivity index (χ2n) is 5.64. The Labute approximate surface area is 153 Å². The highest BCUT2D eigenvalue weighted by Gasteiger charge is 2.13. The fourth-order valence-electron chi connectivity index (χ4n) is 2.33. The molecule has 0 bridgehead atoms. The van der Waals surface area contributed by atoms with E-state index >= 15 is 0 Å². The number of unbranched alkanes of at least 4 members (excludes halogenated alkanes) is 2. The Kier molecular flexibility index (Phi) is 7.54. The first-order valence-electron chi connectivity index (χ1n) is 8.79. The maximum Gasteiger partial charge on any atom is 0.340 e. The summed E-state index contributed by atoms with van der Waals surface area (Å²) in [4.78, 5) is 32.3. The van der Waals surface area contributed by atoms with Crippen molar-refractivity contribution in [2.45, 2.75) is 33.1 Å². The number of para-hydroxylation sites is 1. The SMILES string of the molecule is CCCCCNC(=O)c1cc(Nc2ccccc2C(=O)OCC)ncn1. The first kappa shape index (κ1) is 19.4. The van der Waals surface area contributed by atoms with Gasteiger partial charge in [0.25, 0.3) is 5.91 Å². The molecule has 0 unspecified atom stereocenters. The number of aromatic nitrogens is 2. The van der Waals surface area contributed by atoms with E-state index in [0.717, 1.165) is 19.3 Å². The van der Waals surface area contributed by atoms with Crippen molar-refractivity contribution >= 4 is 23.4 Å². The third-order valence-corrected chi connectivity index (χ3v) is 3.65. The third-order valence-electron chi connectivity index (χ3n) is 3.65. The second kappa shape index (κ2) is 10.1. The second-order valence-corrected chi connectivity index (χ2v) is 5.64. The van der Waals surface area contributed by atoms with Gasteiger partial charge in [0.2, 0.25) is 0 Å². The number of hydrogen-bond acceptors (Lipinski definition) is 6. The molecule has 138 valence electrons. The molecular weight excluding hydrogens is 332 g/mol. The Morgan fingerprint density at radius 3 is 2.69 bits per heavy atom. The predicted octanol–water partition coefficient (Wildman–Crippen LogP) is 3.32. The van der Waals surface area contributed by atoms with Crippen molar-refractivity contribution in [1.29, 1.82) is 0 Å². The summed E-state index contributed by atoms with van der Waals surface area (Å²) in [5, 5.41) is 5.89. The molecule has 7 heteroatoms. The molecular formula is C19H24N4O3. The number of benzene rings is 1. The van der Waals surface area contributed by atoms with E-state index < -0.39 is 5.97 Å². The van der Waals surface area contributed by atoms with Crippen molar-refractivity contribution in [3.05, 3.63) is 47.9 Å². The van der Waals surface area contributed by atoms with Crippen LogP contribution >= 0.6 is 0 Å². The Morgan fingerprint density at radius 2 is 1.92 bits per heavy atom. The summed E-state index contributed by atoms with van der Waals surface area (Å²) in [6, 6.07) is 8.53. The van der Waals surface area contributed by atoms with Crippen LogP contribution in [0.3, 0.4) is 0 Å². The van der Waals surface area contributed by atoms with E-state index in [-0.39, 0.29) is 11.6 Å². The van der Waals surface area contributed by atoms with Gasteiger partial charge in [-0.05, 0) is 25.5 Å². The monoisotopic (exact) mass is 356 g/mol. The molecule has 26 heavy (non-hydrogen) atoms. The number of nitrogens with one attached hydrogen (secondary N) is 2. The van der Waals surface area contributed by atoms with Crippen molar-refractivity contribution in [2.75, 3.05) is 18.5 Å². The van der Waals surface area contributed by atoms with Crippen molar-refractivity contribution < 1.29 is 14.3 Å². The van der Waals surface area contributed by atoms with Gasteiger partial charge in [-0.3, -0.25) is 4.79 Å². The lowest BCUT2D eigenvalue weighted by Gasteiger charge is -2.11. The molecule has 1 aromatic carbocycles. The van der Waals surface area contributed by atoms with E-state index in [2.05, 4.69) is 27.5 Å². The van der Waals surface area contributed by atoms with Gasteiger partial charge in [-0.25, -0.2) is 14.8 Å². The summed E-state index contributed by atoms with van der Waals surface area (Å²) < 4.78 is 5.06. The van der Waals surface area contributed by atoms with E-state index in [4.69, 9.17) is 4.74 Å². The van der Waals surface area contributed by atoms with Gasteiger partial charge >= 0.3 is 5.97 Å². The molecule has 2 N–H and O–H groups in total. The largest absolute Gasteiger partial charge is 0.462 e. The van der Waals surface area contributed by atoms with Crippen molar-refractivity contribution in [1.82, 2.24) is 15.3 Å². The molecule has 0 radical (unpaired) electrons. The van der Waals surface area contributed by atoms with Gasteiger partial charge in [0, 0.05) is 12.6 Å². The van der Waals surface area contributed by atoms with Gasteiger partial charge in [-0.2, -0.15) is 0 Å². The summed E-state index contributed by atoms with van der Waals surface area (Å²) in [7, 11) is 0. The summed E-state index contributed by atoms with van der Waals surface area (Å²) in [5.41, 5.74) is 1.23. The lowest BCUT2D eigenvalue weighted by atomic mass is 10.2. The van der Waals surface area contributed by atoms with E-state index in [1.165, 1.54) is 6.33 Å². The van der Waals surface area contributed by atoms with E-state index in [9.17, 15) is 9.59 Å². The van der Waals surface area contributed by atoms with Crippen LogP contribution in [0.2, 0.25) is 0 Å². The lowest BCUT2D eigenvalue weighted by Crippen LogP contribution is -2.25. The Balaban J connectivity index is 2.09. The first-order chi connectivity index (χ1) is 12.7. The number of hydrogen-bond donors (Lipinski definition) is 2. The molecule has 0 aliphatic rings. The van der Waals surface area contributed by atoms with Crippen LogP contribution in [0.1, 0.15) is 54.0 Å². The van der Waals surface area contributed by atoms with Crippen molar-refractivity contribution in [3.63, 3.8) is 0 Å². The molecule has 0 atom stereocenters. The summed E-state index contributed by atoms with van der Waals surface area (Å²) in [6.45, 7) is 4.77. The molecule has 1 heterocycles. The number of carbonyl (C=O) groups excluding carboxylic acids is 2. The smallest absolute Gasteiger partial charge is 0.340 e. The summed E-state index contributed by atoms with van der Waals surface area (Å²) in [5.74, 6) is -0.237. The van der Waals surface area contributed by atoms with Gasteiger partial charge in [0.1, 0.15) is 17.8 Å². The van der Waals surface area contributed by atoms with Gasteiger partial charge in [0.15, 0.2) is 0 Å². The standard InChI is InChI=1S/C19H24N4O3/c1-3-5-8-11-20-18(24)16-12-17(22-13-21-16)23-15-10-7-6-9-14(15)19(25)26-4-2/h6-7,9-10,12-13H,3-5,8,11H2,1-2H3,(H,20,24)(H,21,22,23). The molecule has 0 aliphatic carbocycles. The molecule has 0 spiro atoms. The predicted molar refractivity (Wildman–Crippen MR) is 99.6 cm³/mol. The van der Waals surface area contributed by atoms with Gasteiger partial charge in [-0.1, -0.05) is 31.9 Å². The van der Waals surface area contributed by atoms with Crippen LogP contribution in [0, 0.1) is 0 Å². The van der Waals surface area contributed by atoms with Crippen LogP contribution in [0.25, 0.3) is 0 Å². The summed E-state index contributed by atoms with van der Waals surface area (Å²) >= 11 is 0. The number of esters is 1. The molecule has 2 rings (SSSR count). The minimum Gasteiger partial charge on any atom is -0.462 e. The molecule has 0 aliphatic heterocycles. The normalized spacial score (nSPS) is 10.2.